The van der Waals surface area contributed by atoms with Crippen molar-refractivity contribution < 1.29 is 37.0 Å². The molecule has 184 valence electrons. The van der Waals surface area contributed by atoms with Crippen molar-refractivity contribution in [2.24, 2.45) is 0 Å². The van der Waals surface area contributed by atoms with Crippen molar-refractivity contribution in [1.82, 2.24) is 10.0 Å². The Kier molecular flexibility index (Phi) is 9.39. The number of carbonyl (C=O) groups excluding carboxylic acids is 3. The van der Waals surface area contributed by atoms with Crippen molar-refractivity contribution in [2.45, 2.75) is 24.8 Å². The molecule has 0 aliphatic rings. The third-order valence-corrected chi connectivity index (χ3v) is 6.03. The van der Waals surface area contributed by atoms with Crippen LogP contribution in [0.5, 0.6) is 11.5 Å². The number of methoxy groups -OCH3 is 2. The van der Waals surface area contributed by atoms with Gasteiger partial charge in [0.05, 0.1) is 31.3 Å². The lowest BCUT2D eigenvalue weighted by atomic mass is 10.2. The highest BCUT2D eigenvalue weighted by Gasteiger charge is 2.24. The Morgan fingerprint density at radius 3 is 2.26 bits per heavy atom. The first-order chi connectivity index (χ1) is 16.1. The number of aryl methyl sites for hydroxylation is 1. The molecule has 0 fully saturated rings. The van der Waals surface area contributed by atoms with Gasteiger partial charge in [0.2, 0.25) is 15.9 Å². The molecule has 12 heteroatoms. The number of hydrogen-bond donors (Lipinski definition) is 3. The van der Waals surface area contributed by atoms with E-state index < -0.39 is 40.5 Å². The Morgan fingerprint density at radius 1 is 0.971 bits per heavy atom. The summed E-state index contributed by atoms with van der Waals surface area (Å²) in [5, 5.41) is 4.93. The van der Waals surface area contributed by atoms with Crippen LogP contribution >= 0.6 is 0 Å². The van der Waals surface area contributed by atoms with Gasteiger partial charge in [-0.15, -0.1) is 0 Å². The van der Waals surface area contributed by atoms with Crippen LogP contribution in [0.1, 0.15) is 12.5 Å². The van der Waals surface area contributed by atoms with Crippen LogP contribution in [0.25, 0.3) is 0 Å². The molecule has 11 nitrogen and oxygen atoms in total. The van der Waals surface area contributed by atoms with Crippen LogP contribution in [0.15, 0.2) is 47.4 Å². The molecule has 3 N–H and O–H groups in total. The highest BCUT2D eigenvalue weighted by Crippen LogP contribution is 2.24. The topological polar surface area (TPSA) is 149 Å². The summed E-state index contributed by atoms with van der Waals surface area (Å²) in [6.07, 6.45) is 0. The quantitative estimate of drug-likeness (QED) is 0.392. The van der Waals surface area contributed by atoms with Gasteiger partial charge in [0.25, 0.3) is 5.91 Å². The first-order valence-electron chi connectivity index (χ1n) is 10.1. The zero-order chi connectivity index (χ0) is 25.3. The zero-order valence-electron chi connectivity index (χ0n) is 19.2. The van der Waals surface area contributed by atoms with Crippen molar-refractivity contribution in [1.29, 1.82) is 0 Å². The first-order valence-corrected chi connectivity index (χ1v) is 11.6. The lowest BCUT2D eigenvalue weighted by Gasteiger charge is -2.14. The van der Waals surface area contributed by atoms with Gasteiger partial charge in [0.15, 0.2) is 6.61 Å². The summed E-state index contributed by atoms with van der Waals surface area (Å²) in [4.78, 5) is 36.1. The number of esters is 1. The predicted molar refractivity (Wildman–Crippen MR) is 123 cm³/mol. The number of carbonyl (C=O) groups is 3. The molecule has 0 bridgehead atoms. The summed E-state index contributed by atoms with van der Waals surface area (Å²) in [5.74, 6) is -1.26. The summed E-state index contributed by atoms with van der Waals surface area (Å²) < 4.78 is 41.9. The van der Waals surface area contributed by atoms with Crippen molar-refractivity contribution in [3.05, 3.63) is 48.0 Å². The molecule has 2 rings (SSSR count). The minimum absolute atomic E-state index is 0.0676. The lowest BCUT2D eigenvalue weighted by Crippen LogP contribution is -2.41. The van der Waals surface area contributed by atoms with E-state index in [4.69, 9.17) is 14.2 Å². The second-order valence-corrected chi connectivity index (χ2v) is 8.87. The number of anilines is 1. The fourth-order valence-corrected chi connectivity index (χ4v) is 3.90. The van der Waals surface area contributed by atoms with Crippen LogP contribution < -0.4 is 24.8 Å². The molecule has 1 atom stereocenters. The number of rotatable bonds is 11. The molecular weight excluding hydrogens is 466 g/mol. The SMILES string of the molecule is COc1ccc(S(=O)(=O)N[C@@H](C)C(=O)OCC(=O)NCC(=O)Nc2cc(C)ccc2OC)cc1. The average Bonchev–Trinajstić information content (AvgIpc) is 2.81. The molecule has 0 saturated heterocycles. The fourth-order valence-electron chi connectivity index (χ4n) is 2.71. The summed E-state index contributed by atoms with van der Waals surface area (Å²) in [6.45, 7) is 2.08. The standard InChI is InChI=1S/C22H27N3O8S/c1-14-5-10-19(32-4)18(11-14)24-20(26)12-23-21(27)13-33-22(28)15(2)25-34(29,30)17-8-6-16(31-3)7-9-17/h5-11,15,25H,12-13H2,1-4H3,(H,23,27)(H,24,26)/t15-/m0/s1. The van der Waals surface area contributed by atoms with Gasteiger partial charge in [-0.3, -0.25) is 14.4 Å². The smallest absolute Gasteiger partial charge is 0.324 e. The first kappa shape index (κ1) is 26.6. The summed E-state index contributed by atoms with van der Waals surface area (Å²) >= 11 is 0. The predicted octanol–water partition coefficient (Wildman–Crippen LogP) is 0.977. The lowest BCUT2D eigenvalue weighted by molar-refractivity contribution is -0.149. The summed E-state index contributed by atoms with van der Waals surface area (Å²) in [6, 6.07) is 9.57. The van der Waals surface area contributed by atoms with Crippen LogP contribution in [-0.2, 0) is 29.1 Å². The van der Waals surface area contributed by atoms with E-state index in [-0.39, 0.29) is 11.4 Å². The molecular formula is C22H27N3O8S. The molecule has 2 amide bonds. The molecule has 0 radical (unpaired) electrons. The normalized spacial score (nSPS) is 11.8. The Morgan fingerprint density at radius 2 is 1.65 bits per heavy atom. The Hall–Kier alpha value is -3.64. The second kappa shape index (κ2) is 12.0. The maximum absolute atomic E-state index is 12.4. The minimum atomic E-state index is -4.00. The maximum atomic E-state index is 12.4. The second-order valence-electron chi connectivity index (χ2n) is 7.15. The van der Waals surface area contributed by atoms with Crippen molar-refractivity contribution in [3.63, 3.8) is 0 Å². The van der Waals surface area contributed by atoms with Gasteiger partial charge in [-0.25, -0.2) is 8.42 Å². The summed E-state index contributed by atoms with van der Waals surface area (Å²) in [5.41, 5.74) is 1.36. The largest absolute Gasteiger partial charge is 0.497 e. The van der Waals surface area contributed by atoms with E-state index in [0.29, 0.717) is 17.2 Å². The van der Waals surface area contributed by atoms with Crippen LogP contribution in [0.3, 0.4) is 0 Å². The molecule has 2 aromatic rings. The molecule has 0 aliphatic heterocycles. The minimum Gasteiger partial charge on any atom is -0.497 e. The maximum Gasteiger partial charge on any atom is 0.324 e. The van der Waals surface area contributed by atoms with Gasteiger partial charge in [-0.05, 0) is 55.8 Å². The highest BCUT2D eigenvalue weighted by atomic mass is 32.2. The summed E-state index contributed by atoms with van der Waals surface area (Å²) in [7, 11) is -1.08. The van der Waals surface area contributed by atoms with Gasteiger partial charge in [0.1, 0.15) is 17.5 Å². The van der Waals surface area contributed by atoms with Gasteiger partial charge < -0.3 is 24.8 Å². The van der Waals surface area contributed by atoms with E-state index in [1.807, 2.05) is 13.0 Å². The van der Waals surface area contributed by atoms with Crippen LogP contribution in [0, 0.1) is 6.92 Å². The van der Waals surface area contributed by atoms with Gasteiger partial charge in [-0.1, -0.05) is 6.07 Å². The van der Waals surface area contributed by atoms with Crippen molar-refractivity contribution in [2.75, 3.05) is 32.7 Å². The molecule has 0 unspecified atom stereocenters. The van der Waals surface area contributed by atoms with Gasteiger partial charge in [-0.2, -0.15) is 4.72 Å². The van der Waals surface area contributed by atoms with E-state index in [1.165, 1.54) is 45.4 Å². The molecule has 0 spiro atoms. The average molecular weight is 494 g/mol. The van der Waals surface area contributed by atoms with E-state index in [9.17, 15) is 22.8 Å². The Bertz CT molecular complexity index is 1130. The molecule has 0 saturated carbocycles. The van der Waals surface area contributed by atoms with Crippen LogP contribution in [0.2, 0.25) is 0 Å². The van der Waals surface area contributed by atoms with Crippen molar-refractivity contribution in [3.8, 4) is 11.5 Å². The number of sulfonamides is 1. The van der Waals surface area contributed by atoms with E-state index in [2.05, 4.69) is 15.4 Å². The molecule has 2 aromatic carbocycles. The van der Waals surface area contributed by atoms with Crippen LogP contribution in [0.4, 0.5) is 5.69 Å². The fraction of sp³-hybridized carbons (Fsp3) is 0.318. The van der Waals surface area contributed by atoms with Crippen LogP contribution in [-0.4, -0.2) is 59.6 Å². The number of ether oxygens (including phenoxy) is 3. The van der Waals surface area contributed by atoms with E-state index >= 15 is 0 Å². The number of amides is 2. The third-order valence-electron chi connectivity index (χ3n) is 4.48. The highest BCUT2D eigenvalue weighted by molar-refractivity contribution is 7.89. The molecule has 0 heterocycles. The molecule has 34 heavy (non-hydrogen) atoms. The Labute approximate surface area is 197 Å². The van der Waals surface area contributed by atoms with Crippen molar-refractivity contribution >= 4 is 33.5 Å². The van der Waals surface area contributed by atoms with E-state index in [1.54, 1.807) is 12.1 Å². The monoisotopic (exact) mass is 493 g/mol. The zero-order valence-corrected chi connectivity index (χ0v) is 20.0. The number of nitrogens with one attached hydrogen (secondary N) is 3. The van der Waals surface area contributed by atoms with Gasteiger partial charge >= 0.3 is 5.97 Å². The Balaban J connectivity index is 1.80. The molecule has 0 aromatic heterocycles. The van der Waals surface area contributed by atoms with E-state index in [0.717, 1.165) is 5.56 Å². The molecule has 0 aliphatic carbocycles. The third kappa shape index (κ3) is 7.74. The number of benzene rings is 2. The number of hydrogen-bond acceptors (Lipinski definition) is 8. The van der Waals surface area contributed by atoms with Gasteiger partial charge in [0, 0.05) is 0 Å².